The smallest absolute Gasteiger partial charge is 0.136 e. The number of hydrogen-bond donors (Lipinski definition) is 1. The zero-order valence-electron chi connectivity index (χ0n) is 5.13. The molecule has 0 bridgehead atoms. The molecule has 2 radical (unpaired) electrons. The summed E-state index contributed by atoms with van der Waals surface area (Å²) >= 11 is 0. The fourth-order valence-electron chi connectivity index (χ4n) is 0.530. The van der Waals surface area contributed by atoms with Gasteiger partial charge in [0.15, 0.2) is 0 Å². The molecule has 1 aromatic rings. The van der Waals surface area contributed by atoms with Gasteiger partial charge in [-0.3, -0.25) is 4.98 Å². The SMILES string of the molecule is [B]c1cncc(O)c1C. The van der Waals surface area contributed by atoms with Gasteiger partial charge in [-0.2, -0.15) is 0 Å². The Morgan fingerprint density at radius 2 is 2.22 bits per heavy atom. The Kier molecular flexibility index (Phi) is 1.43. The fraction of sp³-hybridized carbons (Fsp3) is 0.167. The predicted octanol–water partition coefficient (Wildman–Crippen LogP) is -0.111. The second-order valence-electron chi connectivity index (χ2n) is 1.87. The first-order valence-corrected chi connectivity index (χ1v) is 2.61. The molecule has 0 aliphatic rings. The van der Waals surface area contributed by atoms with E-state index >= 15 is 0 Å². The lowest BCUT2D eigenvalue weighted by molar-refractivity contribution is 0.469. The molecule has 0 aliphatic carbocycles. The van der Waals surface area contributed by atoms with E-state index in [-0.39, 0.29) is 5.75 Å². The maximum atomic E-state index is 8.96. The minimum absolute atomic E-state index is 0.148. The molecule has 1 rings (SSSR count). The summed E-state index contributed by atoms with van der Waals surface area (Å²) in [6.07, 6.45) is 2.88. The highest BCUT2D eigenvalue weighted by Crippen LogP contribution is 2.08. The predicted molar refractivity (Wildman–Crippen MR) is 36.0 cm³/mol. The molecule has 0 saturated carbocycles. The molecular formula is C6H6BNO. The van der Waals surface area contributed by atoms with E-state index in [1.54, 1.807) is 6.92 Å². The lowest BCUT2D eigenvalue weighted by atomic mass is 9.93. The highest BCUT2D eigenvalue weighted by Gasteiger charge is 1.95. The molecule has 1 N–H and O–H groups in total. The molecule has 0 aromatic carbocycles. The van der Waals surface area contributed by atoms with E-state index in [9.17, 15) is 0 Å². The maximum absolute atomic E-state index is 8.96. The second kappa shape index (κ2) is 2.09. The summed E-state index contributed by atoms with van der Waals surface area (Å²) in [4.78, 5) is 3.67. The highest BCUT2D eigenvalue weighted by atomic mass is 16.3. The number of hydrogen-bond acceptors (Lipinski definition) is 2. The summed E-state index contributed by atoms with van der Waals surface area (Å²) in [7, 11) is 5.40. The summed E-state index contributed by atoms with van der Waals surface area (Å²) in [5, 5.41) is 8.96. The number of nitrogens with zero attached hydrogens (tertiary/aromatic N) is 1. The molecule has 3 heteroatoms. The van der Waals surface area contributed by atoms with Crippen molar-refractivity contribution in [1.82, 2.24) is 4.98 Å². The van der Waals surface area contributed by atoms with Crippen LogP contribution in [0.3, 0.4) is 0 Å². The van der Waals surface area contributed by atoms with Crippen LogP contribution < -0.4 is 5.46 Å². The van der Waals surface area contributed by atoms with Gasteiger partial charge < -0.3 is 5.11 Å². The molecule has 0 amide bonds. The van der Waals surface area contributed by atoms with Crippen LogP contribution in [0.4, 0.5) is 0 Å². The minimum Gasteiger partial charge on any atom is -0.506 e. The molecule has 0 fully saturated rings. The summed E-state index contributed by atoms with van der Waals surface area (Å²) in [6.45, 7) is 1.74. The molecular weight excluding hydrogens is 113 g/mol. The van der Waals surface area contributed by atoms with Crippen molar-refractivity contribution in [3.05, 3.63) is 18.0 Å². The third kappa shape index (κ3) is 1.04. The zero-order valence-corrected chi connectivity index (χ0v) is 5.13. The van der Waals surface area contributed by atoms with Crippen LogP contribution in [0, 0.1) is 6.92 Å². The first kappa shape index (κ1) is 6.14. The van der Waals surface area contributed by atoms with E-state index in [1.165, 1.54) is 12.4 Å². The van der Waals surface area contributed by atoms with Gasteiger partial charge in [0.1, 0.15) is 13.6 Å². The molecule has 9 heavy (non-hydrogen) atoms. The van der Waals surface area contributed by atoms with Gasteiger partial charge in [0.2, 0.25) is 0 Å². The number of aromatic nitrogens is 1. The fourth-order valence-corrected chi connectivity index (χ4v) is 0.530. The molecule has 0 atom stereocenters. The largest absolute Gasteiger partial charge is 0.506 e. The van der Waals surface area contributed by atoms with Gasteiger partial charge in [-0.05, 0) is 12.5 Å². The number of pyridine rings is 1. The monoisotopic (exact) mass is 119 g/mol. The van der Waals surface area contributed by atoms with Crippen molar-refractivity contribution in [2.24, 2.45) is 0 Å². The third-order valence-corrected chi connectivity index (χ3v) is 1.23. The van der Waals surface area contributed by atoms with E-state index < -0.39 is 0 Å². The highest BCUT2D eigenvalue weighted by molar-refractivity contribution is 6.33. The Labute approximate surface area is 55.0 Å². The first-order valence-electron chi connectivity index (χ1n) is 2.61. The van der Waals surface area contributed by atoms with Crippen molar-refractivity contribution in [2.75, 3.05) is 0 Å². The van der Waals surface area contributed by atoms with Gasteiger partial charge >= 0.3 is 0 Å². The Morgan fingerprint density at radius 3 is 2.67 bits per heavy atom. The minimum atomic E-state index is 0.148. The average Bonchev–Trinajstić information content (AvgIpc) is 1.83. The molecule has 0 saturated heterocycles. The molecule has 0 aliphatic heterocycles. The second-order valence-corrected chi connectivity index (χ2v) is 1.87. The van der Waals surface area contributed by atoms with Crippen molar-refractivity contribution in [1.29, 1.82) is 0 Å². The van der Waals surface area contributed by atoms with Crippen LogP contribution in [0.25, 0.3) is 0 Å². The Morgan fingerprint density at radius 1 is 1.56 bits per heavy atom. The van der Waals surface area contributed by atoms with E-state index in [4.69, 9.17) is 13.0 Å². The van der Waals surface area contributed by atoms with Crippen LogP contribution in [-0.2, 0) is 0 Å². The standard InChI is InChI=1S/C6H6BNO/c1-4-5(7)2-8-3-6(4)9/h2-3,9H,1H3. The normalized spacial score (nSPS) is 9.44. The number of rotatable bonds is 0. The van der Waals surface area contributed by atoms with E-state index in [0.29, 0.717) is 11.0 Å². The van der Waals surface area contributed by atoms with Gasteiger partial charge in [-0.1, -0.05) is 5.46 Å². The summed E-state index contributed by atoms with van der Waals surface area (Å²) in [5.74, 6) is 0.148. The van der Waals surface area contributed by atoms with Crippen LogP contribution in [0.15, 0.2) is 12.4 Å². The van der Waals surface area contributed by atoms with Gasteiger partial charge in [0, 0.05) is 6.20 Å². The lowest BCUT2D eigenvalue weighted by Gasteiger charge is -1.99. The van der Waals surface area contributed by atoms with Crippen LogP contribution >= 0.6 is 0 Å². The lowest BCUT2D eigenvalue weighted by Crippen LogP contribution is -2.07. The quantitative estimate of drug-likeness (QED) is 0.483. The molecule has 0 unspecified atom stereocenters. The van der Waals surface area contributed by atoms with Gasteiger partial charge in [-0.25, -0.2) is 0 Å². The molecule has 2 nitrogen and oxygen atoms in total. The van der Waals surface area contributed by atoms with Crippen molar-refractivity contribution in [2.45, 2.75) is 6.92 Å². The van der Waals surface area contributed by atoms with E-state index in [2.05, 4.69) is 4.98 Å². The van der Waals surface area contributed by atoms with Crippen LogP contribution in [0.1, 0.15) is 5.56 Å². The Bertz CT molecular complexity index is 204. The zero-order chi connectivity index (χ0) is 6.85. The average molecular weight is 119 g/mol. The summed E-state index contributed by atoms with van der Waals surface area (Å²) in [5.41, 5.74) is 1.21. The van der Waals surface area contributed by atoms with E-state index in [1.807, 2.05) is 0 Å². The van der Waals surface area contributed by atoms with Crippen molar-refractivity contribution in [3.8, 4) is 5.75 Å². The van der Waals surface area contributed by atoms with Gasteiger partial charge in [0.05, 0.1) is 6.20 Å². The third-order valence-electron chi connectivity index (χ3n) is 1.23. The van der Waals surface area contributed by atoms with Crippen molar-refractivity contribution < 1.29 is 5.11 Å². The number of aromatic hydroxyl groups is 1. The maximum Gasteiger partial charge on any atom is 0.136 e. The Balaban J connectivity index is 3.25. The van der Waals surface area contributed by atoms with E-state index in [0.717, 1.165) is 0 Å². The van der Waals surface area contributed by atoms with Gasteiger partial charge in [-0.15, -0.1) is 0 Å². The van der Waals surface area contributed by atoms with Gasteiger partial charge in [0.25, 0.3) is 0 Å². The van der Waals surface area contributed by atoms with Crippen molar-refractivity contribution >= 4 is 13.3 Å². The molecule has 0 spiro atoms. The van der Waals surface area contributed by atoms with Crippen LogP contribution in [-0.4, -0.2) is 17.9 Å². The van der Waals surface area contributed by atoms with Crippen molar-refractivity contribution in [3.63, 3.8) is 0 Å². The Hall–Kier alpha value is -0.985. The molecule has 1 aromatic heterocycles. The topological polar surface area (TPSA) is 33.1 Å². The van der Waals surface area contributed by atoms with Crippen LogP contribution in [0.5, 0.6) is 5.75 Å². The summed E-state index contributed by atoms with van der Waals surface area (Å²) < 4.78 is 0. The molecule has 44 valence electrons. The first-order chi connectivity index (χ1) is 4.22. The van der Waals surface area contributed by atoms with Crippen LogP contribution in [0.2, 0.25) is 0 Å². The molecule has 1 heterocycles. The summed E-state index contributed by atoms with van der Waals surface area (Å²) in [6, 6.07) is 0.